The highest BCUT2D eigenvalue weighted by molar-refractivity contribution is 5.91. The fourth-order valence-corrected chi connectivity index (χ4v) is 3.15. The minimum atomic E-state index is -0.767. The maximum Gasteiger partial charge on any atom is 0.232 e. The van der Waals surface area contributed by atoms with E-state index >= 15 is 0 Å². The van der Waals surface area contributed by atoms with Gasteiger partial charge in [-0.25, -0.2) is 8.78 Å². The van der Waals surface area contributed by atoms with E-state index in [1.807, 2.05) is 24.3 Å². The first-order chi connectivity index (χ1) is 13.5. The molecule has 1 N–H and O–H groups in total. The zero-order valence-corrected chi connectivity index (χ0v) is 15.2. The van der Waals surface area contributed by atoms with Crippen molar-refractivity contribution in [3.05, 3.63) is 71.4 Å². The van der Waals surface area contributed by atoms with Gasteiger partial charge in [0.25, 0.3) is 0 Å². The van der Waals surface area contributed by atoms with Gasteiger partial charge < -0.3 is 14.6 Å². The van der Waals surface area contributed by atoms with Crippen molar-refractivity contribution in [1.82, 2.24) is 10.5 Å². The number of hydrogen-bond donors (Lipinski definition) is 1. The van der Waals surface area contributed by atoms with Crippen LogP contribution >= 0.6 is 0 Å². The Kier molecular flexibility index (Phi) is 4.58. The first-order valence-corrected chi connectivity index (χ1v) is 8.86. The van der Waals surface area contributed by atoms with Gasteiger partial charge in [0.2, 0.25) is 5.91 Å². The molecule has 1 aromatic heterocycles. The largest absolute Gasteiger partial charge is 0.497 e. The zero-order valence-electron chi connectivity index (χ0n) is 15.2. The minimum Gasteiger partial charge on any atom is -0.497 e. The number of carbonyl (C=O) groups is 1. The van der Waals surface area contributed by atoms with E-state index in [-0.39, 0.29) is 18.0 Å². The summed E-state index contributed by atoms with van der Waals surface area (Å²) in [5.41, 5.74) is 0.796. The Labute approximate surface area is 160 Å². The van der Waals surface area contributed by atoms with Crippen LogP contribution in [0.2, 0.25) is 0 Å². The van der Waals surface area contributed by atoms with E-state index in [0.717, 1.165) is 17.7 Å². The van der Waals surface area contributed by atoms with Crippen molar-refractivity contribution in [3.63, 3.8) is 0 Å². The number of rotatable bonds is 6. The lowest BCUT2D eigenvalue weighted by atomic mass is 10.00. The van der Waals surface area contributed by atoms with Crippen molar-refractivity contribution in [1.29, 1.82) is 0 Å². The number of amides is 1. The molecule has 2 aromatic carbocycles. The number of benzene rings is 2. The molecule has 0 aliphatic heterocycles. The second-order valence-corrected chi connectivity index (χ2v) is 6.81. The summed E-state index contributed by atoms with van der Waals surface area (Å²) in [4.78, 5) is 12.7. The fraction of sp³-hybridized carbons (Fsp3) is 0.238. The molecule has 0 saturated heterocycles. The first kappa shape index (κ1) is 18.2. The lowest BCUT2D eigenvalue weighted by molar-refractivity contribution is -0.123. The molecule has 0 atom stereocenters. The van der Waals surface area contributed by atoms with E-state index in [1.54, 1.807) is 13.2 Å². The maximum absolute atomic E-state index is 13.8. The molecular weight excluding hydrogens is 366 g/mol. The summed E-state index contributed by atoms with van der Waals surface area (Å²) in [6.45, 7) is -0.0205. The lowest BCUT2D eigenvalue weighted by Crippen LogP contribution is -2.34. The van der Waals surface area contributed by atoms with Crippen molar-refractivity contribution in [3.8, 4) is 17.1 Å². The number of hydrogen-bond acceptors (Lipinski definition) is 4. The average molecular weight is 384 g/mol. The number of nitrogens with zero attached hydrogens (tertiary/aromatic N) is 1. The lowest BCUT2D eigenvalue weighted by Gasteiger charge is -2.12. The van der Waals surface area contributed by atoms with E-state index < -0.39 is 17.0 Å². The van der Waals surface area contributed by atoms with Gasteiger partial charge in [-0.05, 0) is 31.0 Å². The molecule has 0 spiro atoms. The van der Waals surface area contributed by atoms with Crippen LogP contribution < -0.4 is 10.1 Å². The molecule has 144 valence electrons. The van der Waals surface area contributed by atoms with Crippen molar-refractivity contribution in [2.75, 3.05) is 7.11 Å². The van der Waals surface area contributed by atoms with Crippen LogP contribution in [0, 0.1) is 11.6 Å². The molecular formula is C21H18F2N2O3. The normalized spacial score (nSPS) is 14.5. The van der Waals surface area contributed by atoms with Crippen molar-refractivity contribution >= 4 is 5.91 Å². The molecule has 1 saturated carbocycles. The average Bonchev–Trinajstić information content (AvgIpc) is 3.36. The zero-order chi connectivity index (χ0) is 19.7. The van der Waals surface area contributed by atoms with Gasteiger partial charge in [0.1, 0.15) is 17.4 Å². The second-order valence-electron chi connectivity index (χ2n) is 6.81. The van der Waals surface area contributed by atoms with Gasteiger partial charge in [-0.2, -0.15) is 0 Å². The summed E-state index contributed by atoms with van der Waals surface area (Å²) >= 11 is 0. The molecule has 3 aromatic rings. The smallest absolute Gasteiger partial charge is 0.232 e. The molecule has 1 fully saturated rings. The SMILES string of the molecule is COc1cccc(-c2cc(C3(C(=O)NCc4ccc(F)cc4F)CC3)no2)c1. The summed E-state index contributed by atoms with van der Waals surface area (Å²) < 4.78 is 37.4. The first-order valence-electron chi connectivity index (χ1n) is 8.86. The monoisotopic (exact) mass is 384 g/mol. The molecule has 4 rings (SSSR count). The molecule has 1 amide bonds. The Hall–Kier alpha value is -3.22. The summed E-state index contributed by atoms with van der Waals surface area (Å²) in [5.74, 6) is -0.360. The molecule has 1 aliphatic rings. The third-order valence-electron chi connectivity index (χ3n) is 4.99. The number of halogens is 2. The Morgan fingerprint density at radius 1 is 1.21 bits per heavy atom. The molecule has 0 unspecified atom stereocenters. The Bertz CT molecular complexity index is 1030. The topological polar surface area (TPSA) is 64.4 Å². The van der Waals surface area contributed by atoms with Crippen LogP contribution in [0.1, 0.15) is 24.1 Å². The summed E-state index contributed by atoms with van der Waals surface area (Å²) in [5, 5.41) is 6.81. The number of nitrogens with one attached hydrogen (secondary N) is 1. The van der Waals surface area contributed by atoms with E-state index in [0.29, 0.717) is 30.0 Å². The molecule has 0 bridgehead atoms. The van der Waals surface area contributed by atoms with Gasteiger partial charge in [-0.3, -0.25) is 4.79 Å². The molecule has 7 heteroatoms. The van der Waals surface area contributed by atoms with Gasteiger partial charge in [-0.1, -0.05) is 23.4 Å². The van der Waals surface area contributed by atoms with Crippen LogP contribution in [0.5, 0.6) is 5.75 Å². The maximum atomic E-state index is 13.8. The van der Waals surface area contributed by atoms with E-state index in [4.69, 9.17) is 9.26 Å². The quantitative estimate of drug-likeness (QED) is 0.698. The van der Waals surface area contributed by atoms with Crippen molar-refractivity contribution in [2.24, 2.45) is 0 Å². The number of carbonyl (C=O) groups excluding carboxylic acids is 1. The van der Waals surface area contributed by atoms with E-state index in [2.05, 4.69) is 10.5 Å². The van der Waals surface area contributed by atoms with Crippen LogP contribution in [0.4, 0.5) is 8.78 Å². The van der Waals surface area contributed by atoms with E-state index in [9.17, 15) is 13.6 Å². The predicted molar refractivity (Wildman–Crippen MR) is 97.6 cm³/mol. The van der Waals surface area contributed by atoms with Gasteiger partial charge >= 0.3 is 0 Å². The number of aromatic nitrogens is 1. The minimum absolute atomic E-state index is 0.0205. The molecule has 1 aliphatic carbocycles. The van der Waals surface area contributed by atoms with Crippen LogP contribution in [0.15, 0.2) is 53.1 Å². The third kappa shape index (κ3) is 3.35. The summed E-state index contributed by atoms with van der Waals surface area (Å²) in [6.07, 6.45) is 1.27. The number of methoxy groups -OCH3 is 1. The summed E-state index contributed by atoms with van der Waals surface area (Å²) in [7, 11) is 1.58. The Morgan fingerprint density at radius 3 is 2.75 bits per heavy atom. The van der Waals surface area contributed by atoms with Crippen molar-refractivity contribution in [2.45, 2.75) is 24.8 Å². The van der Waals surface area contributed by atoms with Crippen LogP contribution in [0.3, 0.4) is 0 Å². The van der Waals surface area contributed by atoms with Gasteiger partial charge in [-0.15, -0.1) is 0 Å². The highest BCUT2D eigenvalue weighted by Crippen LogP contribution is 2.48. The van der Waals surface area contributed by atoms with Crippen LogP contribution in [-0.4, -0.2) is 18.2 Å². The van der Waals surface area contributed by atoms with Crippen molar-refractivity contribution < 1.29 is 22.8 Å². The highest BCUT2D eigenvalue weighted by Gasteiger charge is 2.53. The Morgan fingerprint density at radius 2 is 2.04 bits per heavy atom. The second kappa shape index (κ2) is 7.07. The summed E-state index contributed by atoms with van der Waals surface area (Å²) in [6, 6.07) is 12.4. The Balaban J connectivity index is 1.49. The van der Waals surface area contributed by atoms with Gasteiger partial charge in [0, 0.05) is 29.8 Å². The standard InChI is InChI=1S/C21H18F2N2O3/c1-27-16-4-2-3-13(9-16)18-11-19(25-28-18)21(7-8-21)20(26)24-12-14-5-6-15(22)10-17(14)23/h2-6,9-11H,7-8,12H2,1H3,(H,24,26). The molecule has 28 heavy (non-hydrogen) atoms. The van der Waals surface area contributed by atoms with Crippen LogP contribution in [-0.2, 0) is 16.8 Å². The van der Waals surface area contributed by atoms with E-state index in [1.165, 1.54) is 6.07 Å². The highest BCUT2D eigenvalue weighted by atomic mass is 19.1. The van der Waals surface area contributed by atoms with Crippen LogP contribution in [0.25, 0.3) is 11.3 Å². The van der Waals surface area contributed by atoms with Gasteiger partial charge in [0.05, 0.1) is 18.2 Å². The molecule has 5 nitrogen and oxygen atoms in total. The number of ether oxygens (including phenoxy) is 1. The fourth-order valence-electron chi connectivity index (χ4n) is 3.15. The molecule has 0 radical (unpaired) electrons. The predicted octanol–water partition coefficient (Wildman–Crippen LogP) is 3.98. The molecule has 1 heterocycles. The third-order valence-corrected chi connectivity index (χ3v) is 4.99. The van der Waals surface area contributed by atoms with Gasteiger partial charge in [0.15, 0.2) is 5.76 Å².